The zero-order valence-electron chi connectivity index (χ0n) is 9.20. The second kappa shape index (κ2) is 4.10. The highest BCUT2D eigenvalue weighted by Crippen LogP contribution is 2.40. The molecule has 0 bridgehead atoms. The molecule has 15 heavy (non-hydrogen) atoms. The molecular formula is C13H17NO. The molecule has 1 aliphatic rings. The molecule has 0 unspecified atom stereocenters. The fourth-order valence-corrected chi connectivity index (χ4v) is 2.43. The first kappa shape index (κ1) is 10.3. The molecule has 1 fully saturated rings. The van der Waals surface area contributed by atoms with Crippen molar-refractivity contribution < 1.29 is 4.42 Å². The molecule has 0 N–H and O–H groups in total. The molecule has 1 heterocycles. The Bertz CT molecular complexity index is 339. The lowest BCUT2D eigenvalue weighted by molar-refractivity contribution is 0.218. The molecule has 2 nitrogen and oxygen atoms in total. The second-order valence-electron chi connectivity index (χ2n) is 4.88. The monoisotopic (exact) mass is 203 g/mol. The Hall–Kier alpha value is -1.23. The van der Waals surface area contributed by atoms with E-state index in [4.69, 9.17) is 4.42 Å². The predicted molar refractivity (Wildman–Crippen MR) is 58.1 cm³/mol. The molecule has 0 aliphatic heterocycles. The Morgan fingerprint density at radius 1 is 1.53 bits per heavy atom. The van der Waals surface area contributed by atoms with E-state index in [-0.39, 0.29) is 5.41 Å². The normalized spacial score (nSPS) is 31.1. The summed E-state index contributed by atoms with van der Waals surface area (Å²) in [6, 6.07) is 4.50. The van der Waals surface area contributed by atoms with Gasteiger partial charge in [0.15, 0.2) is 0 Å². The molecule has 0 saturated heterocycles. The molecule has 1 aromatic rings. The highest BCUT2D eigenvalue weighted by Gasteiger charge is 2.34. The van der Waals surface area contributed by atoms with E-state index in [9.17, 15) is 5.26 Å². The molecule has 2 heteroatoms. The molecule has 0 spiro atoms. The molecule has 0 aromatic carbocycles. The Morgan fingerprint density at radius 3 is 2.80 bits per heavy atom. The molecule has 0 atom stereocenters. The van der Waals surface area contributed by atoms with Crippen LogP contribution in [-0.2, 0) is 6.42 Å². The van der Waals surface area contributed by atoms with Crippen molar-refractivity contribution in [2.24, 2.45) is 11.3 Å². The van der Waals surface area contributed by atoms with Gasteiger partial charge in [-0.25, -0.2) is 0 Å². The summed E-state index contributed by atoms with van der Waals surface area (Å²) in [5.41, 5.74) is 1.03. The Morgan fingerprint density at radius 2 is 2.27 bits per heavy atom. The maximum atomic E-state index is 9.35. The van der Waals surface area contributed by atoms with Gasteiger partial charge in [-0.2, -0.15) is 5.26 Å². The largest absolute Gasteiger partial charge is 0.472 e. The lowest BCUT2D eigenvalue weighted by atomic mass is 9.69. The summed E-state index contributed by atoms with van der Waals surface area (Å²) in [5, 5.41) is 9.35. The highest BCUT2D eigenvalue weighted by molar-refractivity contribution is 5.14. The van der Waals surface area contributed by atoms with Crippen LogP contribution < -0.4 is 0 Å². The van der Waals surface area contributed by atoms with Gasteiger partial charge in [0.1, 0.15) is 0 Å². The number of hydrogen-bond acceptors (Lipinski definition) is 2. The number of furan rings is 1. The Balaban J connectivity index is 2.07. The van der Waals surface area contributed by atoms with Crippen LogP contribution in [0.1, 0.15) is 38.2 Å². The third-order valence-corrected chi connectivity index (χ3v) is 3.59. The molecular weight excluding hydrogens is 186 g/mol. The van der Waals surface area contributed by atoms with Crippen molar-refractivity contribution in [3.05, 3.63) is 24.2 Å². The van der Waals surface area contributed by atoms with E-state index in [1.165, 1.54) is 12.8 Å². The van der Waals surface area contributed by atoms with Crippen molar-refractivity contribution in [3.63, 3.8) is 0 Å². The third-order valence-electron chi connectivity index (χ3n) is 3.59. The van der Waals surface area contributed by atoms with E-state index in [2.05, 4.69) is 13.0 Å². The summed E-state index contributed by atoms with van der Waals surface area (Å²) in [7, 11) is 0. The number of nitrogens with zero attached hydrogens (tertiary/aromatic N) is 1. The zero-order valence-corrected chi connectivity index (χ0v) is 9.20. The van der Waals surface area contributed by atoms with Crippen molar-refractivity contribution in [3.8, 4) is 6.07 Å². The summed E-state index contributed by atoms with van der Waals surface area (Å²) in [6.07, 6.45) is 8.75. The van der Waals surface area contributed by atoms with Crippen LogP contribution in [0, 0.1) is 22.7 Å². The minimum Gasteiger partial charge on any atom is -0.472 e. The average molecular weight is 203 g/mol. The first-order chi connectivity index (χ1) is 7.24. The molecule has 0 amide bonds. The lowest BCUT2D eigenvalue weighted by Crippen LogP contribution is -2.27. The zero-order chi connectivity index (χ0) is 10.7. The number of hydrogen-bond donors (Lipinski definition) is 0. The van der Waals surface area contributed by atoms with Crippen LogP contribution in [0.25, 0.3) is 0 Å². The summed E-state index contributed by atoms with van der Waals surface area (Å²) in [6.45, 7) is 2.28. The van der Waals surface area contributed by atoms with E-state index in [0.29, 0.717) is 0 Å². The molecule has 1 saturated carbocycles. The average Bonchev–Trinajstić information content (AvgIpc) is 2.75. The molecule has 0 radical (unpaired) electrons. The van der Waals surface area contributed by atoms with Crippen LogP contribution in [0.5, 0.6) is 0 Å². The van der Waals surface area contributed by atoms with Gasteiger partial charge in [-0.3, -0.25) is 0 Å². The summed E-state index contributed by atoms with van der Waals surface area (Å²) in [4.78, 5) is 0. The van der Waals surface area contributed by atoms with Crippen molar-refractivity contribution in [1.29, 1.82) is 5.26 Å². The fourth-order valence-electron chi connectivity index (χ4n) is 2.43. The topological polar surface area (TPSA) is 36.9 Å². The first-order valence-electron chi connectivity index (χ1n) is 5.66. The van der Waals surface area contributed by atoms with E-state index < -0.39 is 0 Å². The quantitative estimate of drug-likeness (QED) is 0.737. The van der Waals surface area contributed by atoms with Crippen LogP contribution >= 0.6 is 0 Å². The minimum atomic E-state index is -0.129. The van der Waals surface area contributed by atoms with Gasteiger partial charge in [0.2, 0.25) is 0 Å². The van der Waals surface area contributed by atoms with Gasteiger partial charge in [0.05, 0.1) is 24.0 Å². The molecule has 1 aliphatic carbocycles. The Kier molecular flexibility index (Phi) is 2.81. The van der Waals surface area contributed by atoms with Crippen molar-refractivity contribution in [1.82, 2.24) is 0 Å². The van der Waals surface area contributed by atoms with Crippen molar-refractivity contribution in [2.45, 2.75) is 39.0 Å². The van der Waals surface area contributed by atoms with Gasteiger partial charge in [-0.05, 0) is 49.7 Å². The van der Waals surface area contributed by atoms with E-state index >= 15 is 0 Å². The first-order valence-corrected chi connectivity index (χ1v) is 5.66. The summed E-state index contributed by atoms with van der Waals surface area (Å²) >= 11 is 0. The van der Waals surface area contributed by atoms with Gasteiger partial charge >= 0.3 is 0 Å². The van der Waals surface area contributed by atoms with Gasteiger partial charge in [0, 0.05) is 0 Å². The van der Waals surface area contributed by atoms with E-state index in [1.54, 1.807) is 12.5 Å². The van der Waals surface area contributed by atoms with Crippen LogP contribution in [0.4, 0.5) is 0 Å². The molecule has 1 aromatic heterocycles. The molecule has 80 valence electrons. The van der Waals surface area contributed by atoms with Gasteiger partial charge < -0.3 is 4.42 Å². The summed E-state index contributed by atoms with van der Waals surface area (Å²) in [5.74, 6) is 0.788. The van der Waals surface area contributed by atoms with Gasteiger partial charge in [-0.1, -0.05) is 6.92 Å². The van der Waals surface area contributed by atoms with Crippen LogP contribution in [0.3, 0.4) is 0 Å². The van der Waals surface area contributed by atoms with Crippen LogP contribution in [-0.4, -0.2) is 0 Å². The Labute approximate surface area is 90.9 Å². The van der Waals surface area contributed by atoms with Gasteiger partial charge in [0.25, 0.3) is 0 Å². The van der Waals surface area contributed by atoms with Gasteiger partial charge in [-0.15, -0.1) is 0 Å². The smallest absolute Gasteiger partial charge is 0.0935 e. The third kappa shape index (κ3) is 2.23. The number of nitriles is 1. The SMILES string of the molecule is CC1CCC(C#N)(Cc2ccoc2)CC1. The highest BCUT2D eigenvalue weighted by atomic mass is 16.3. The standard InChI is InChI=1S/C13H17NO/c1-11-2-5-13(10-14,6-3-11)8-12-4-7-15-9-12/h4,7,9,11H,2-3,5-6,8H2,1H3. The molecule has 2 rings (SSSR count). The maximum absolute atomic E-state index is 9.35. The van der Waals surface area contributed by atoms with E-state index in [1.807, 2.05) is 6.07 Å². The van der Waals surface area contributed by atoms with E-state index in [0.717, 1.165) is 30.7 Å². The fraction of sp³-hybridized carbons (Fsp3) is 0.615. The van der Waals surface area contributed by atoms with Crippen molar-refractivity contribution in [2.75, 3.05) is 0 Å². The maximum Gasteiger partial charge on any atom is 0.0935 e. The summed E-state index contributed by atoms with van der Waals surface area (Å²) < 4.78 is 5.06. The number of rotatable bonds is 2. The van der Waals surface area contributed by atoms with Crippen LogP contribution in [0.2, 0.25) is 0 Å². The van der Waals surface area contributed by atoms with Crippen molar-refractivity contribution >= 4 is 0 Å². The second-order valence-corrected chi connectivity index (χ2v) is 4.88. The van der Waals surface area contributed by atoms with Crippen LogP contribution in [0.15, 0.2) is 23.0 Å². The predicted octanol–water partition coefficient (Wildman–Crippen LogP) is 3.54. The minimum absolute atomic E-state index is 0.129. The lowest BCUT2D eigenvalue weighted by Gasteiger charge is -2.33.